The molecule has 1 aliphatic rings. The van der Waals surface area contributed by atoms with Gasteiger partial charge in [0.2, 0.25) is 0 Å². The molecule has 2 rings (SSSR count). The van der Waals surface area contributed by atoms with E-state index < -0.39 is 0 Å². The Morgan fingerprint density at radius 3 is 2.43 bits per heavy atom. The molecule has 0 atom stereocenters. The van der Waals surface area contributed by atoms with Crippen LogP contribution in [0.2, 0.25) is 10.0 Å². The van der Waals surface area contributed by atoms with E-state index in [4.69, 9.17) is 23.2 Å². The molecule has 0 amide bonds. The van der Waals surface area contributed by atoms with Crippen LogP contribution in [-0.2, 0) is 6.54 Å². The molecule has 0 saturated carbocycles. The Kier molecular flexibility index (Phi) is 5.25. The molecule has 21 heavy (non-hydrogen) atoms. The largest absolute Gasteiger partial charge is 0.308 e. The van der Waals surface area contributed by atoms with Gasteiger partial charge < -0.3 is 5.32 Å². The molecule has 1 heterocycles. The Labute approximate surface area is 138 Å². The van der Waals surface area contributed by atoms with Gasteiger partial charge in [-0.2, -0.15) is 0 Å². The first-order valence-electron chi connectivity index (χ1n) is 7.76. The SMILES string of the molecule is CCC1(CC)CN(Cc2ccc(Cl)cc2Cl)C(C)(C)CN1. The van der Waals surface area contributed by atoms with Crippen molar-refractivity contribution in [2.75, 3.05) is 13.1 Å². The fraction of sp³-hybridized carbons (Fsp3) is 0.647. The highest BCUT2D eigenvalue weighted by molar-refractivity contribution is 6.35. The van der Waals surface area contributed by atoms with Gasteiger partial charge in [-0.1, -0.05) is 43.1 Å². The maximum Gasteiger partial charge on any atom is 0.0465 e. The van der Waals surface area contributed by atoms with Crippen molar-refractivity contribution in [3.8, 4) is 0 Å². The lowest BCUT2D eigenvalue weighted by molar-refractivity contribution is 0.0162. The van der Waals surface area contributed by atoms with Gasteiger partial charge >= 0.3 is 0 Å². The summed E-state index contributed by atoms with van der Waals surface area (Å²) in [5.74, 6) is 0. The van der Waals surface area contributed by atoms with Crippen LogP contribution in [0.25, 0.3) is 0 Å². The smallest absolute Gasteiger partial charge is 0.0465 e. The summed E-state index contributed by atoms with van der Waals surface area (Å²) in [4.78, 5) is 2.55. The number of hydrogen-bond donors (Lipinski definition) is 1. The van der Waals surface area contributed by atoms with Gasteiger partial charge in [-0.05, 0) is 44.4 Å². The van der Waals surface area contributed by atoms with Crippen LogP contribution in [0.3, 0.4) is 0 Å². The minimum Gasteiger partial charge on any atom is -0.308 e. The number of hydrogen-bond acceptors (Lipinski definition) is 2. The van der Waals surface area contributed by atoms with Gasteiger partial charge in [-0.25, -0.2) is 0 Å². The van der Waals surface area contributed by atoms with E-state index in [1.807, 2.05) is 18.2 Å². The van der Waals surface area contributed by atoms with Crippen molar-refractivity contribution in [1.29, 1.82) is 0 Å². The highest BCUT2D eigenvalue weighted by Gasteiger charge is 2.40. The van der Waals surface area contributed by atoms with Crippen LogP contribution in [0.15, 0.2) is 18.2 Å². The lowest BCUT2D eigenvalue weighted by Crippen LogP contribution is -2.67. The first-order chi connectivity index (χ1) is 9.82. The van der Waals surface area contributed by atoms with Crippen LogP contribution in [0, 0.1) is 0 Å². The average Bonchev–Trinajstić information content (AvgIpc) is 2.44. The standard InChI is InChI=1S/C17H26Cl2N2/c1-5-17(6-2)12-21(16(3,4)11-20-17)10-13-7-8-14(18)9-15(13)19/h7-9,20H,5-6,10-12H2,1-4H3. The molecule has 1 aromatic rings. The van der Waals surface area contributed by atoms with Gasteiger partial charge in [0.1, 0.15) is 0 Å². The summed E-state index contributed by atoms with van der Waals surface area (Å²) >= 11 is 12.4. The lowest BCUT2D eigenvalue weighted by atomic mass is 9.84. The van der Waals surface area contributed by atoms with E-state index in [0.717, 1.165) is 43.1 Å². The second kappa shape index (κ2) is 6.45. The fourth-order valence-corrected chi connectivity index (χ4v) is 3.47. The van der Waals surface area contributed by atoms with Crippen LogP contribution < -0.4 is 5.32 Å². The van der Waals surface area contributed by atoms with Gasteiger partial charge in [-0.15, -0.1) is 0 Å². The van der Waals surface area contributed by atoms with E-state index in [0.29, 0.717) is 5.02 Å². The van der Waals surface area contributed by atoms with Gasteiger partial charge in [0.05, 0.1) is 0 Å². The molecule has 1 aromatic carbocycles. The summed E-state index contributed by atoms with van der Waals surface area (Å²) in [6, 6.07) is 5.80. The zero-order valence-electron chi connectivity index (χ0n) is 13.5. The Morgan fingerprint density at radius 1 is 1.19 bits per heavy atom. The predicted octanol–water partition coefficient (Wildman–Crippen LogP) is 4.74. The van der Waals surface area contributed by atoms with E-state index in [-0.39, 0.29) is 11.1 Å². The molecule has 4 heteroatoms. The predicted molar refractivity (Wildman–Crippen MR) is 92.3 cm³/mol. The highest BCUT2D eigenvalue weighted by Crippen LogP contribution is 2.31. The number of halogens is 2. The van der Waals surface area contributed by atoms with Crippen molar-refractivity contribution in [2.45, 2.75) is 58.2 Å². The molecule has 0 radical (unpaired) electrons. The van der Waals surface area contributed by atoms with Gasteiger partial charge in [0, 0.05) is 40.8 Å². The molecule has 0 aromatic heterocycles. The lowest BCUT2D eigenvalue weighted by Gasteiger charge is -2.52. The van der Waals surface area contributed by atoms with Crippen LogP contribution in [0.1, 0.15) is 46.1 Å². The summed E-state index contributed by atoms with van der Waals surface area (Å²) in [5, 5.41) is 5.22. The molecule has 1 saturated heterocycles. The summed E-state index contributed by atoms with van der Waals surface area (Å²) < 4.78 is 0. The van der Waals surface area contributed by atoms with E-state index in [2.05, 4.69) is 37.9 Å². The number of rotatable bonds is 4. The molecule has 1 aliphatic heterocycles. The minimum atomic E-state index is 0.122. The Balaban J connectivity index is 2.22. The molecule has 1 N–H and O–H groups in total. The third-order valence-corrected chi connectivity index (χ3v) is 5.56. The van der Waals surface area contributed by atoms with E-state index in [1.165, 1.54) is 0 Å². The monoisotopic (exact) mass is 328 g/mol. The Hall–Kier alpha value is -0.280. The first-order valence-corrected chi connectivity index (χ1v) is 8.51. The topological polar surface area (TPSA) is 15.3 Å². The van der Waals surface area contributed by atoms with Crippen LogP contribution >= 0.6 is 23.2 Å². The number of nitrogens with zero attached hydrogens (tertiary/aromatic N) is 1. The van der Waals surface area contributed by atoms with Crippen molar-refractivity contribution in [1.82, 2.24) is 10.2 Å². The maximum absolute atomic E-state index is 6.35. The normalized spacial score (nSPS) is 21.4. The Morgan fingerprint density at radius 2 is 1.86 bits per heavy atom. The van der Waals surface area contributed by atoms with Crippen molar-refractivity contribution in [3.63, 3.8) is 0 Å². The molecule has 1 fully saturated rings. The fourth-order valence-electron chi connectivity index (χ4n) is 3.00. The quantitative estimate of drug-likeness (QED) is 0.859. The molecular weight excluding hydrogens is 303 g/mol. The zero-order valence-corrected chi connectivity index (χ0v) is 15.0. The van der Waals surface area contributed by atoms with Crippen molar-refractivity contribution in [2.24, 2.45) is 0 Å². The summed E-state index contributed by atoms with van der Waals surface area (Å²) in [6.45, 7) is 12.0. The molecule has 118 valence electrons. The average molecular weight is 329 g/mol. The summed E-state index contributed by atoms with van der Waals surface area (Å²) in [6.07, 6.45) is 2.29. The Bertz CT molecular complexity index is 496. The third-order valence-electron chi connectivity index (χ3n) is 4.98. The molecule has 0 bridgehead atoms. The molecule has 0 spiro atoms. The molecular formula is C17H26Cl2N2. The minimum absolute atomic E-state index is 0.122. The zero-order chi connectivity index (χ0) is 15.7. The number of piperazine rings is 1. The molecule has 0 aliphatic carbocycles. The number of benzene rings is 1. The van der Waals surface area contributed by atoms with Gasteiger partial charge in [0.25, 0.3) is 0 Å². The second-order valence-electron chi connectivity index (χ2n) is 6.75. The van der Waals surface area contributed by atoms with E-state index >= 15 is 0 Å². The molecule has 2 nitrogen and oxygen atoms in total. The number of nitrogens with one attached hydrogen (secondary N) is 1. The third kappa shape index (κ3) is 3.73. The van der Waals surface area contributed by atoms with Crippen molar-refractivity contribution < 1.29 is 0 Å². The van der Waals surface area contributed by atoms with Crippen LogP contribution in [-0.4, -0.2) is 29.1 Å². The molecule has 0 unspecified atom stereocenters. The second-order valence-corrected chi connectivity index (χ2v) is 7.59. The van der Waals surface area contributed by atoms with Gasteiger partial charge in [0.15, 0.2) is 0 Å². The van der Waals surface area contributed by atoms with E-state index in [9.17, 15) is 0 Å². The van der Waals surface area contributed by atoms with Crippen molar-refractivity contribution in [3.05, 3.63) is 33.8 Å². The van der Waals surface area contributed by atoms with E-state index in [1.54, 1.807) is 0 Å². The van der Waals surface area contributed by atoms with Crippen molar-refractivity contribution >= 4 is 23.2 Å². The van der Waals surface area contributed by atoms with Crippen LogP contribution in [0.4, 0.5) is 0 Å². The highest BCUT2D eigenvalue weighted by atomic mass is 35.5. The van der Waals surface area contributed by atoms with Gasteiger partial charge in [-0.3, -0.25) is 4.90 Å². The van der Waals surface area contributed by atoms with Crippen LogP contribution in [0.5, 0.6) is 0 Å². The first kappa shape index (κ1) is 17.1. The summed E-state index contributed by atoms with van der Waals surface area (Å²) in [7, 11) is 0. The maximum atomic E-state index is 6.35. The summed E-state index contributed by atoms with van der Waals surface area (Å²) in [5.41, 5.74) is 1.49.